The van der Waals surface area contributed by atoms with Crippen LogP contribution in [0.15, 0.2) is 47.4 Å². The molecule has 0 spiro atoms. The van der Waals surface area contributed by atoms with Crippen molar-refractivity contribution in [1.29, 1.82) is 5.26 Å². The zero-order valence-electron chi connectivity index (χ0n) is 11.9. The van der Waals surface area contributed by atoms with Crippen LogP contribution in [0.4, 0.5) is 0 Å². The van der Waals surface area contributed by atoms with Crippen molar-refractivity contribution in [2.24, 2.45) is 0 Å². The first-order chi connectivity index (χ1) is 10.2. The van der Waals surface area contributed by atoms with Gasteiger partial charge in [0.05, 0.1) is 11.6 Å². The molecule has 0 unspecified atom stereocenters. The van der Waals surface area contributed by atoms with Gasteiger partial charge in [-0.05, 0) is 41.9 Å². The molecule has 2 nitrogen and oxygen atoms in total. The second kappa shape index (κ2) is 8.09. The van der Waals surface area contributed by atoms with Crippen LogP contribution in [0.1, 0.15) is 23.6 Å². The van der Waals surface area contributed by atoms with Crippen molar-refractivity contribution in [1.82, 2.24) is 5.32 Å². The van der Waals surface area contributed by atoms with E-state index in [1.54, 1.807) is 23.9 Å². The predicted octanol–water partition coefficient (Wildman–Crippen LogP) is 4.61. The summed E-state index contributed by atoms with van der Waals surface area (Å²) in [5.41, 5.74) is 2.94. The molecule has 1 N–H and O–H groups in total. The summed E-state index contributed by atoms with van der Waals surface area (Å²) in [6.07, 6.45) is 0. The zero-order chi connectivity index (χ0) is 15.1. The molecule has 0 aromatic heterocycles. The van der Waals surface area contributed by atoms with E-state index in [1.165, 1.54) is 10.5 Å². The van der Waals surface area contributed by atoms with Crippen molar-refractivity contribution in [3.63, 3.8) is 0 Å². The third kappa shape index (κ3) is 4.78. The van der Waals surface area contributed by atoms with Gasteiger partial charge in [-0.3, -0.25) is 0 Å². The molecule has 0 amide bonds. The van der Waals surface area contributed by atoms with Gasteiger partial charge in [-0.15, -0.1) is 11.8 Å². The fraction of sp³-hybridized carbons (Fsp3) is 0.235. The first-order valence-electron chi connectivity index (χ1n) is 6.84. The molecule has 108 valence electrons. The van der Waals surface area contributed by atoms with Gasteiger partial charge in [0.25, 0.3) is 0 Å². The lowest BCUT2D eigenvalue weighted by Gasteiger charge is -2.06. The minimum absolute atomic E-state index is 0.599. The lowest BCUT2D eigenvalue weighted by Crippen LogP contribution is -2.11. The summed E-state index contributed by atoms with van der Waals surface area (Å²) < 4.78 is 0. The number of halogens is 1. The molecule has 0 saturated carbocycles. The zero-order valence-corrected chi connectivity index (χ0v) is 13.5. The summed E-state index contributed by atoms with van der Waals surface area (Å²) in [4.78, 5) is 1.22. The maximum absolute atomic E-state index is 8.83. The Bertz CT molecular complexity index is 632. The lowest BCUT2D eigenvalue weighted by molar-refractivity contribution is 0.726. The number of rotatable bonds is 6. The van der Waals surface area contributed by atoms with Crippen LogP contribution in [0.2, 0.25) is 5.02 Å². The summed E-state index contributed by atoms with van der Waals surface area (Å²) in [7, 11) is 0. The molecule has 0 aliphatic heterocycles. The topological polar surface area (TPSA) is 35.8 Å². The van der Waals surface area contributed by atoms with Crippen molar-refractivity contribution < 1.29 is 0 Å². The molecule has 0 fully saturated rings. The third-order valence-corrected chi connectivity index (χ3v) is 4.49. The minimum atomic E-state index is 0.599. The molecular formula is C17H17ClN2S. The van der Waals surface area contributed by atoms with Crippen LogP contribution in [0.25, 0.3) is 0 Å². The highest BCUT2D eigenvalue weighted by atomic mass is 35.5. The van der Waals surface area contributed by atoms with Crippen LogP contribution in [0.5, 0.6) is 0 Å². The van der Waals surface area contributed by atoms with Gasteiger partial charge in [0.15, 0.2) is 0 Å². The van der Waals surface area contributed by atoms with Crippen molar-refractivity contribution in [2.75, 3.05) is 6.54 Å². The molecule has 4 heteroatoms. The largest absolute Gasteiger partial charge is 0.313 e. The van der Waals surface area contributed by atoms with Crippen LogP contribution in [-0.4, -0.2) is 6.54 Å². The average molecular weight is 317 g/mol. The molecule has 0 bridgehead atoms. The number of benzene rings is 2. The Kier molecular flexibility index (Phi) is 6.13. The second-order valence-corrected chi connectivity index (χ2v) is 6.09. The first kappa shape index (κ1) is 15.9. The normalized spacial score (nSPS) is 10.3. The SMILES string of the molecule is CCNCc1ccc(SCc2ccc(C#N)cc2Cl)cc1. The van der Waals surface area contributed by atoms with Crippen molar-refractivity contribution >= 4 is 23.4 Å². The molecule has 0 heterocycles. The number of nitriles is 1. The highest BCUT2D eigenvalue weighted by Gasteiger charge is 2.03. The van der Waals surface area contributed by atoms with Crippen molar-refractivity contribution in [3.05, 3.63) is 64.2 Å². The fourth-order valence-electron chi connectivity index (χ4n) is 1.87. The van der Waals surface area contributed by atoms with Gasteiger partial charge in [-0.25, -0.2) is 0 Å². The summed E-state index contributed by atoms with van der Waals surface area (Å²) in [6, 6.07) is 16.1. The van der Waals surface area contributed by atoms with E-state index in [4.69, 9.17) is 16.9 Å². The molecular weight excluding hydrogens is 300 g/mol. The van der Waals surface area contributed by atoms with E-state index in [0.717, 1.165) is 24.4 Å². The van der Waals surface area contributed by atoms with E-state index in [0.29, 0.717) is 10.6 Å². The van der Waals surface area contributed by atoms with E-state index in [2.05, 4.69) is 42.6 Å². The lowest BCUT2D eigenvalue weighted by atomic mass is 10.2. The number of thioether (sulfide) groups is 1. The molecule has 0 aliphatic carbocycles. The summed E-state index contributed by atoms with van der Waals surface area (Å²) >= 11 is 7.93. The highest BCUT2D eigenvalue weighted by Crippen LogP contribution is 2.27. The number of hydrogen-bond donors (Lipinski definition) is 1. The molecule has 0 saturated heterocycles. The van der Waals surface area contributed by atoms with Gasteiger partial charge in [0, 0.05) is 22.2 Å². The monoisotopic (exact) mass is 316 g/mol. The molecule has 0 aliphatic rings. The average Bonchev–Trinajstić information content (AvgIpc) is 2.52. The Morgan fingerprint density at radius 3 is 2.57 bits per heavy atom. The van der Waals surface area contributed by atoms with Gasteiger partial charge in [-0.2, -0.15) is 5.26 Å². The predicted molar refractivity (Wildman–Crippen MR) is 89.6 cm³/mol. The van der Waals surface area contributed by atoms with Crippen LogP contribution >= 0.6 is 23.4 Å². The Labute approximate surface area is 135 Å². The number of nitrogens with zero attached hydrogens (tertiary/aromatic N) is 1. The number of hydrogen-bond acceptors (Lipinski definition) is 3. The van der Waals surface area contributed by atoms with Crippen molar-refractivity contribution in [3.8, 4) is 6.07 Å². The molecule has 0 atom stereocenters. The standard InChI is InChI=1S/C17H17ClN2S/c1-2-20-11-13-4-7-16(8-5-13)21-12-15-6-3-14(10-19)9-17(15)18/h3-9,20H,2,11-12H2,1H3. The van der Waals surface area contributed by atoms with E-state index in [1.807, 2.05) is 6.07 Å². The quantitative estimate of drug-likeness (QED) is 0.790. The Morgan fingerprint density at radius 2 is 1.95 bits per heavy atom. The summed E-state index contributed by atoms with van der Waals surface area (Å²) in [5.74, 6) is 0.803. The van der Waals surface area contributed by atoms with Crippen LogP contribution < -0.4 is 5.32 Å². The summed E-state index contributed by atoms with van der Waals surface area (Å²) in [6.45, 7) is 3.99. The minimum Gasteiger partial charge on any atom is -0.313 e. The van der Waals surface area contributed by atoms with Crippen LogP contribution in [-0.2, 0) is 12.3 Å². The summed E-state index contributed by atoms with van der Waals surface area (Å²) in [5, 5.41) is 12.8. The van der Waals surface area contributed by atoms with Gasteiger partial charge < -0.3 is 5.32 Å². The molecule has 2 aromatic rings. The van der Waals surface area contributed by atoms with Gasteiger partial charge in [-0.1, -0.05) is 36.7 Å². The first-order valence-corrected chi connectivity index (χ1v) is 8.20. The van der Waals surface area contributed by atoms with Gasteiger partial charge >= 0.3 is 0 Å². The smallest absolute Gasteiger partial charge is 0.0992 e. The van der Waals surface area contributed by atoms with E-state index in [-0.39, 0.29) is 0 Å². The van der Waals surface area contributed by atoms with Crippen LogP contribution in [0.3, 0.4) is 0 Å². The molecule has 0 radical (unpaired) electrons. The Hall–Kier alpha value is -1.47. The number of nitrogens with one attached hydrogen (secondary N) is 1. The van der Waals surface area contributed by atoms with E-state index in [9.17, 15) is 0 Å². The third-order valence-electron chi connectivity index (χ3n) is 3.08. The van der Waals surface area contributed by atoms with Crippen molar-refractivity contribution in [2.45, 2.75) is 24.1 Å². The highest BCUT2D eigenvalue weighted by molar-refractivity contribution is 7.98. The maximum Gasteiger partial charge on any atom is 0.0992 e. The Morgan fingerprint density at radius 1 is 1.19 bits per heavy atom. The van der Waals surface area contributed by atoms with E-state index < -0.39 is 0 Å². The Balaban J connectivity index is 1.95. The van der Waals surface area contributed by atoms with E-state index >= 15 is 0 Å². The maximum atomic E-state index is 8.83. The van der Waals surface area contributed by atoms with Gasteiger partial charge in [0.2, 0.25) is 0 Å². The fourth-order valence-corrected chi connectivity index (χ4v) is 3.10. The molecule has 2 aromatic carbocycles. The molecule has 2 rings (SSSR count). The van der Waals surface area contributed by atoms with Crippen LogP contribution in [0, 0.1) is 11.3 Å². The second-order valence-electron chi connectivity index (χ2n) is 4.63. The van der Waals surface area contributed by atoms with Gasteiger partial charge in [0.1, 0.15) is 0 Å². The molecule has 21 heavy (non-hydrogen) atoms.